The van der Waals surface area contributed by atoms with Crippen LogP contribution in [0.4, 0.5) is 18.0 Å². The molecular weight excluding hydrogens is 381 g/mol. The molecule has 10 heteroatoms. The number of fused-ring (bicyclic) bond motifs is 1. The van der Waals surface area contributed by atoms with E-state index < -0.39 is 57.0 Å². The average Bonchev–Trinajstić information content (AvgIpc) is 2.58. The molecule has 0 aliphatic rings. The summed E-state index contributed by atoms with van der Waals surface area (Å²) in [5.74, 6) is -6.21. The molecule has 0 aliphatic carbocycles. The van der Waals surface area contributed by atoms with Gasteiger partial charge in [0, 0.05) is 13.2 Å². The van der Waals surface area contributed by atoms with Gasteiger partial charge in [0.25, 0.3) is 0 Å². The quantitative estimate of drug-likeness (QED) is 0.585. The van der Waals surface area contributed by atoms with E-state index >= 15 is 0 Å². The zero-order valence-corrected chi connectivity index (χ0v) is 15.9. The van der Waals surface area contributed by atoms with E-state index in [1.807, 2.05) is 0 Å². The van der Waals surface area contributed by atoms with Crippen LogP contribution in [0.25, 0.3) is 10.9 Å². The maximum atomic E-state index is 14.5. The fourth-order valence-electron chi connectivity index (χ4n) is 2.38. The van der Waals surface area contributed by atoms with Gasteiger partial charge in [-0.25, -0.2) is 27.8 Å². The van der Waals surface area contributed by atoms with E-state index in [-0.39, 0.29) is 6.61 Å². The number of nitrogens with zero attached hydrogens (tertiary/aromatic N) is 2. The fraction of sp³-hybridized carbons (Fsp3) is 0.389. The number of ether oxygens (including phenoxy) is 2. The molecule has 0 N–H and O–H groups in total. The third-order valence-corrected chi connectivity index (χ3v) is 3.58. The Morgan fingerprint density at radius 1 is 1.18 bits per heavy atom. The molecule has 0 saturated heterocycles. The maximum absolute atomic E-state index is 14.5. The summed E-state index contributed by atoms with van der Waals surface area (Å²) in [5.41, 5.74) is -3.30. The summed E-state index contributed by atoms with van der Waals surface area (Å²) in [7, 11) is 1.15. The summed E-state index contributed by atoms with van der Waals surface area (Å²) < 4.78 is 52.6. The molecule has 2 rings (SSSR count). The lowest BCUT2D eigenvalue weighted by atomic mass is 10.1. The topological polar surface area (TPSA) is 77.8 Å². The summed E-state index contributed by atoms with van der Waals surface area (Å²) in [5, 5.41) is 0.0771. The van der Waals surface area contributed by atoms with Crippen molar-refractivity contribution in [1.82, 2.24) is 4.68 Å². The van der Waals surface area contributed by atoms with Gasteiger partial charge in [-0.05, 0) is 33.8 Å². The van der Waals surface area contributed by atoms with Gasteiger partial charge in [0.1, 0.15) is 16.7 Å². The second kappa shape index (κ2) is 7.53. The van der Waals surface area contributed by atoms with Gasteiger partial charge >= 0.3 is 12.1 Å². The third kappa shape index (κ3) is 3.95. The van der Waals surface area contributed by atoms with Crippen molar-refractivity contribution in [3.8, 4) is 0 Å². The number of aromatic nitrogens is 1. The number of hydrogen-bond acceptors (Lipinski definition) is 5. The summed E-state index contributed by atoms with van der Waals surface area (Å²) in [4.78, 5) is 37.0. The number of hydrogen-bond donors (Lipinski definition) is 0. The van der Waals surface area contributed by atoms with Crippen LogP contribution in [0.2, 0.25) is 0 Å². The molecule has 1 aromatic carbocycles. The van der Waals surface area contributed by atoms with Crippen molar-refractivity contribution in [3.63, 3.8) is 0 Å². The van der Waals surface area contributed by atoms with Gasteiger partial charge in [-0.2, -0.15) is 0 Å². The van der Waals surface area contributed by atoms with Crippen molar-refractivity contribution < 1.29 is 32.2 Å². The first-order valence-electron chi connectivity index (χ1n) is 8.26. The highest BCUT2D eigenvalue weighted by Crippen LogP contribution is 2.23. The van der Waals surface area contributed by atoms with E-state index in [9.17, 15) is 27.6 Å². The van der Waals surface area contributed by atoms with Gasteiger partial charge in [0.05, 0.1) is 12.0 Å². The Morgan fingerprint density at radius 3 is 2.32 bits per heavy atom. The molecule has 28 heavy (non-hydrogen) atoms. The van der Waals surface area contributed by atoms with Crippen LogP contribution < -0.4 is 10.4 Å². The summed E-state index contributed by atoms with van der Waals surface area (Å²) in [6.07, 6.45) is -0.177. The number of amides is 1. The van der Waals surface area contributed by atoms with E-state index in [0.29, 0.717) is 10.7 Å². The minimum Gasteiger partial charge on any atom is -0.462 e. The van der Waals surface area contributed by atoms with Gasteiger partial charge in [0.15, 0.2) is 17.5 Å². The van der Waals surface area contributed by atoms with E-state index in [4.69, 9.17) is 9.47 Å². The Kier molecular flexibility index (Phi) is 5.72. The minimum atomic E-state index is -1.83. The van der Waals surface area contributed by atoms with E-state index in [1.165, 1.54) is 6.92 Å². The van der Waals surface area contributed by atoms with Gasteiger partial charge in [0.2, 0.25) is 5.43 Å². The lowest BCUT2D eigenvalue weighted by Gasteiger charge is -2.27. The lowest BCUT2D eigenvalue weighted by molar-refractivity contribution is 0.0513. The number of carbonyl (C=O) groups excluding carboxylic acids is 2. The molecule has 0 fully saturated rings. The van der Waals surface area contributed by atoms with Crippen LogP contribution in [0.5, 0.6) is 0 Å². The lowest BCUT2D eigenvalue weighted by Crippen LogP contribution is -2.42. The van der Waals surface area contributed by atoms with Crippen LogP contribution in [-0.2, 0) is 9.47 Å². The van der Waals surface area contributed by atoms with Crippen molar-refractivity contribution in [3.05, 3.63) is 45.5 Å². The van der Waals surface area contributed by atoms with Crippen LogP contribution in [-0.4, -0.2) is 36.0 Å². The number of carbonyl (C=O) groups is 2. The highest BCUT2D eigenvalue weighted by molar-refractivity contribution is 5.95. The average molecular weight is 400 g/mol. The molecule has 152 valence electrons. The van der Waals surface area contributed by atoms with Crippen LogP contribution in [0.15, 0.2) is 17.1 Å². The first-order valence-corrected chi connectivity index (χ1v) is 8.26. The maximum Gasteiger partial charge on any atom is 0.429 e. The Morgan fingerprint density at radius 2 is 1.79 bits per heavy atom. The zero-order chi connectivity index (χ0) is 21.4. The molecule has 0 aliphatic heterocycles. The summed E-state index contributed by atoms with van der Waals surface area (Å²) in [6, 6.07) is 0.457. The number of benzene rings is 1. The molecule has 0 bridgehead atoms. The second-order valence-corrected chi connectivity index (χ2v) is 6.82. The van der Waals surface area contributed by atoms with E-state index in [0.717, 1.165) is 18.3 Å². The van der Waals surface area contributed by atoms with Crippen molar-refractivity contribution >= 4 is 23.0 Å². The molecule has 1 amide bonds. The van der Waals surface area contributed by atoms with Gasteiger partial charge < -0.3 is 9.47 Å². The van der Waals surface area contributed by atoms with Crippen molar-refractivity contribution in [2.45, 2.75) is 33.3 Å². The molecule has 2 aromatic rings. The minimum absolute atomic E-state index is 0.0651. The Labute approximate surface area is 158 Å². The Bertz CT molecular complexity index is 1010. The number of rotatable bonds is 3. The smallest absolute Gasteiger partial charge is 0.429 e. The van der Waals surface area contributed by atoms with Crippen LogP contribution >= 0.6 is 0 Å². The largest absolute Gasteiger partial charge is 0.462 e. The fourth-order valence-corrected chi connectivity index (χ4v) is 2.38. The number of pyridine rings is 1. The molecule has 7 nitrogen and oxygen atoms in total. The zero-order valence-electron chi connectivity index (χ0n) is 15.9. The Balaban J connectivity index is 2.84. The molecule has 1 aromatic heterocycles. The van der Waals surface area contributed by atoms with Crippen molar-refractivity contribution in [2.24, 2.45) is 0 Å². The molecule has 0 spiro atoms. The van der Waals surface area contributed by atoms with Crippen LogP contribution in [0, 0.1) is 17.5 Å². The molecule has 0 unspecified atom stereocenters. The predicted octanol–water partition coefficient (Wildman–Crippen LogP) is 3.10. The number of esters is 1. The molecule has 0 atom stereocenters. The number of halogens is 3. The summed E-state index contributed by atoms with van der Waals surface area (Å²) >= 11 is 0. The highest BCUT2D eigenvalue weighted by Gasteiger charge is 2.27. The molecule has 0 saturated carbocycles. The second-order valence-electron chi connectivity index (χ2n) is 6.82. The predicted molar refractivity (Wildman–Crippen MR) is 94.4 cm³/mol. The van der Waals surface area contributed by atoms with Crippen LogP contribution in [0.3, 0.4) is 0 Å². The monoisotopic (exact) mass is 400 g/mol. The van der Waals surface area contributed by atoms with Gasteiger partial charge in [-0.3, -0.25) is 9.47 Å². The third-order valence-electron chi connectivity index (χ3n) is 3.58. The van der Waals surface area contributed by atoms with Crippen molar-refractivity contribution in [2.75, 3.05) is 18.7 Å². The standard InChI is InChI=1S/C18H19F3N2O5/c1-6-27-16(25)10-8-23(22(5)17(26)28-18(2,3)4)14-9(15(10)24)7-11(19)12(20)13(14)21/h7-8H,6H2,1-5H3. The highest BCUT2D eigenvalue weighted by atomic mass is 19.2. The van der Waals surface area contributed by atoms with E-state index in [2.05, 4.69) is 0 Å². The van der Waals surface area contributed by atoms with Crippen LogP contribution in [0.1, 0.15) is 38.1 Å². The normalized spacial score (nSPS) is 11.4. The molecule has 0 radical (unpaired) electrons. The van der Waals surface area contributed by atoms with Crippen molar-refractivity contribution in [1.29, 1.82) is 0 Å². The first-order chi connectivity index (χ1) is 12.9. The molecular formula is C18H19F3N2O5. The molecule has 1 heterocycles. The van der Waals surface area contributed by atoms with Gasteiger partial charge in [-0.15, -0.1) is 0 Å². The van der Waals surface area contributed by atoms with Gasteiger partial charge in [-0.1, -0.05) is 0 Å². The van der Waals surface area contributed by atoms with E-state index in [1.54, 1.807) is 20.8 Å². The SMILES string of the molecule is CCOC(=O)c1cn(N(C)C(=O)OC(C)(C)C)c2c(F)c(F)c(F)cc2c1=O. The first kappa shape index (κ1) is 21.3. The summed E-state index contributed by atoms with van der Waals surface area (Å²) in [6.45, 7) is 6.19. The Hall–Kier alpha value is -3.04.